The first-order valence-corrected chi connectivity index (χ1v) is 10.6. The van der Waals surface area contributed by atoms with Crippen molar-refractivity contribution in [2.75, 3.05) is 11.1 Å². The Labute approximate surface area is 194 Å². The molecule has 0 spiro atoms. The van der Waals surface area contributed by atoms with Gasteiger partial charge < -0.3 is 11.1 Å². The van der Waals surface area contributed by atoms with Gasteiger partial charge in [-0.25, -0.2) is 4.98 Å². The van der Waals surface area contributed by atoms with Crippen LogP contribution in [-0.4, -0.2) is 24.7 Å². The monoisotopic (exact) mass is 448 g/mol. The van der Waals surface area contributed by atoms with Gasteiger partial charge in [-0.15, -0.1) is 0 Å². The summed E-state index contributed by atoms with van der Waals surface area (Å²) in [5.74, 6) is 0.359. The molecule has 0 radical (unpaired) electrons. The van der Waals surface area contributed by atoms with Crippen LogP contribution in [0.15, 0.2) is 77.9 Å². The molecular formula is C25H20N8O. The fourth-order valence-corrected chi connectivity index (χ4v) is 4.04. The van der Waals surface area contributed by atoms with E-state index in [2.05, 4.69) is 31.6 Å². The Morgan fingerprint density at radius 1 is 1.15 bits per heavy atom. The number of aromatic amines is 1. The number of nitrogens with two attached hydrogens (primary N) is 1. The van der Waals surface area contributed by atoms with Gasteiger partial charge in [0.2, 0.25) is 5.95 Å². The molecule has 0 bridgehead atoms. The van der Waals surface area contributed by atoms with Crippen LogP contribution in [0.2, 0.25) is 0 Å². The highest BCUT2D eigenvalue weighted by atomic mass is 16.1. The average molecular weight is 448 g/mol. The van der Waals surface area contributed by atoms with Crippen LogP contribution in [0, 0.1) is 11.3 Å². The van der Waals surface area contributed by atoms with Gasteiger partial charge in [-0.1, -0.05) is 36.4 Å². The van der Waals surface area contributed by atoms with Crippen LogP contribution in [0.4, 0.5) is 11.8 Å². The molecule has 5 aromatic rings. The summed E-state index contributed by atoms with van der Waals surface area (Å²) in [6.45, 7) is 1.90. The fraction of sp³-hybridized carbons (Fsp3) is 0.0800. The summed E-state index contributed by atoms with van der Waals surface area (Å²) in [6, 6.07) is 20.6. The van der Waals surface area contributed by atoms with Gasteiger partial charge in [0.05, 0.1) is 23.3 Å². The van der Waals surface area contributed by atoms with E-state index in [0.717, 1.165) is 22.3 Å². The molecule has 5 rings (SSSR count). The lowest BCUT2D eigenvalue weighted by atomic mass is 10.0. The highest BCUT2D eigenvalue weighted by molar-refractivity contribution is 5.95. The summed E-state index contributed by atoms with van der Waals surface area (Å²) < 4.78 is 1.68. The van der Waals surface area contributed by atoms with E-state index >= 15 is 0 Å². The standard InChI is InChI=1S/C25H20N8O/c1-15(30-23-17(13-26)14-28-25(27)31-23)21-12-16-6-5-9-19(20-10-11-29-32-20)22(16)24(34)33(21)18-7-3-2-4-8-18/h2-12,14-15H,1H3,(H,29,32)(H3,27,28,30,31). The lowest BCUT2D eigenvalue weighted by Crippen LogP contribution is -2.26. The summed E-state index contributed by atoms with van der Waals surface area (Å²) in [7, 11) is 0. The van der Waals surface area contributed by atoms with E-state index < -0.39 is 6.04 Å². The van der Waals surface area contributed by atoms with Crippen LogP contribution < -0.4 is 16.6 Å². The van der Waals surface area contributed by atoms with Gasteiger partial charge in [0, 0.05) is 23.1 Å². The Balaban J connectivity index is 1.74. The van der Waals surface area contributed by atoms with Crippen molar-refractivity contribution in [2.45, 2.75) is 13.0 Å². The molecule has 0 saturated heterocycles. The molecule has 9 heteroatoms. The van der Waals surface area contributed by atoms with Crippen LogP contribution in [0.1, 0.15) is 24.2 Å². The van der Waals surface area contributed by atoms with Crippen LogP contribution >= 0.6 is 0 Å². The van der Waals surface area contributed by atoms with Crippen molar-refractivity contribution in [3.8, 4) is 23.0 Å². The molecule has 166 valence electrons. The number of nitrogens with zero attached hydrogens (tertiary/aromatic N) is 5. The second-order valence-electron chi connectivity index (χ2n) is 7.75. The van der Waals surface area contributed by atoms with Crippen LogP contribution in [0.5, 0.6) is 0 Å². The average Bonchev–Trinajstić information content (AvgIpc) is 3.39. The van der Waals surface area contributed by atoms with Gasteiger partial charge in [0.15, 0.2) is 0 Å². The van der Waals surface area contributed by atoms with Gasteiger partial charge in [0.25, 0.3) is 5.56 Å². The fourth-order valence-electron chi connectivity index (χ4n) is 4.04. The molecule has 0 saturated carbocycles. The third-order valence-electron chi connectivity index (χ3n) is 5.61. The Bertz CT molecular complexity index is 1580. The van der Waals surface area contributed by atoms with Gasteiger partial charge in [-0.2, -0.15) is 15.3 Å². The maximum Gasteiger partial charge on any atom is 0.263 e. The zero-order chi connectivity index (χ0) is 23.7. The van der Waals surface area contributed by atoms with Crippen molar-refractivity contribution in [3.63, 3.8) is 0 Å². The smallest absolute Gasteiger partial charge is 0.263 e. The Hall–Kier alpha value is -4.97. The van der Waals surface area contributed by atoms with Gasteiger partial charge in [0.1, 0.15) is 17.5 Å². The molecule has 3 aromatic heterocycles. The molecule has 9 nitrogen and oxygen atoms in total. The minimum atomic E-state index is -0.394. The highest BCUT2D eigenvalue weighted by Gasteiger charge is 2.20. The van der Waals surface area contributed by atoms with E-state index in [4.69, 9.17) is 5.73 Å². The number of nitriles is 1. The number of nitrogens with one attached hydrogen (secondary N) is 2. The maximum absolute atomic E-state index is 14.0. The second kappa shape index (κ2) is 8.52. The molecule has 0 fully saturated rings. The van der Waals surface area contributed by atoms with Crippen LogP contribution in [0.25, 0.3) is 27.7 Å². The number of benzene rings is 2. The Morgan fingerprint density at radius 2 is 1.97 bits per heavy atom. The van der Waals surface area contributed by atoms with E-state index in [1.807, 2.05) is 67.6 Å². The minimum absolute atomic E-state index is 0.0526. The maximum atomic E-state index is 14.0. The number of para-hydroxylation sites is 1. The quantitative estimate of drug-likeness (QED) is 0.372. The summed E-state index contributed by atoms with van der Waals surface area (Å²) in [5.41, 5.74) is 8.79. The summed E-state index contributed by atoms with van der Waals surface area (Å²) in [4.78, 5) is 22.1. The third-order valence-corrected chi connectivity index (χ3v) is 5.61. The first-order chi connectivity index (χ1) is 16.6. The lowest BCUT2D eigenvalue weighted by molar-refractivity contribution is 0.772. The normalized spacial score (nSPS) is 11.8. The largest absolute Gasteiger partial charge is 0.368 e. The number of rotatable bonds is 5. The zero-order valence-electron chi connectivity index (χ0n) is 18.2. The van der Waals surface area contributed by atoms with Crippen molar-refractivity contribution in [1.29, 1.82) is 5.26 Å². The predicted molar refractivity (Wildman–Crippen MR) is 130 cm³/mol. The minimum Gasteiger partial charge on any atom is -0.368 e. The Morgan fingerprint density at radius 3 is 2.71 bits per heavy atom. The number of fused-ring (bicyclic) bond motifs is 1. The van der Waals surface area contributed by atoms with Crippen LogP contribution in [0.3, 0.4) is 0 Å². The molecule has 0 aliphatic heterocycles. The molecule has 0 amide bonds. The molecule has 1 atom stereocenters. The van der Waals surface area contributed by atoms with Crippen molar-refractivity contribution in [1.82, 2.24) is 24.7 Å². The van der Waals surface area contributed by atoms with Crippen molar-refractivity contribution in [3.05, 3.63) is 94.7 Å². The number of H-pyrrole nitrogens is 1. The number of hydrogen-bond donors (Lipinski definition) is 3. The summed E-state index contributed by atoms with van der Waals surface area (Å²) in [5, 5.41) is 21.0. The second-order valence-corrected chi connectivity index (χ2v) is 7.75. The molecule has 0 aliphatic rings. The summed E-state index contributed by atoms with van der Waals surface area (Å²) >= 11 is 0. The number of nitrogen functional groups attached to an aromatic ring is 1. The zero-order valence-corrected chi connectivity index (χ0v) is 18.2. The van der Waals surface area contributed by atoms with E-state index in [0.29, 0.717) is 16.9 Å². The van der Waals surface area contributed by atoms with Gasteiger partial charge in [-0.05, 0) is 36.6 Å². The molecule has 3 heterocycles. The van der Waals surface area contributed by atoms with Crippen molar-refractivity contribution >= 4 is 22.5 Å². The topological polar surface area (TPSA) is 138 Å². The van der Waals surface area contributed by atoms with E-state index in [1.54, 1.807) is 10.8 Å². The van der Waals surface area contributed by atoms with E-state index in [1.165, 1.54) is 6.20 Å². The van der Waals surface area contributed by atoms with Crippen molar-refractivity contribution < 1.29 is 0 Å². The number of aromatic nitrogens is 5. The number of anilines is 2. The first kappa shape index (κ1) is 20.9. The van der Waals surface area contributed by atoms with E-state index in [9.17, 15) is 10.1 Å². The van der Waals surface area contributed by atoms with E-state index in [-0.39, 0.29) is 17.1 Å². The molecule has 2 aromatic carbocycles. The molecule has 0 aliphatic carbocycles. The van der Waals surface area contributed by atoms with Crippen LogP contribution in [-0.2, 0) is 0 Å². The number of pyridine rings is 1. The summed E-state index contributed by atoms with van der Waals surface area (Å²) in [6.07, 6.45) is 3.03. The van der Waals surface area contributed by atoms with Gasteiger partial charge in [-0.3, -0.25) is 14.5 Å². The Kier molecular flexibility index (Phi) is 5.24. The predicted octanol–water partition coefficient (Wildman–Crippen LogP) is 3.80. The molecule has 34 heavy (non-hydrogen) atoms. The first-order valence-electron chi connectivity index (χ1n) is 10.6. The van der Waals surface area contributed by atoms with Gasteiger partial charge >= 0.3 is 0 Å². The number of hydrogen-bond acceptors (Lipinski definition) is 7. The third kappa shape index (κ3) is 3.63. The molecular weight excluding hydrogens is 428 g/mol. The molecule has 1 unspecified atom stereocenters. The SMILES string of the molecule is CC(Nc1nc(N)ncc1C#N)c1cc2cccc(-c3ccn[nH]3)c2c(=O)n1-c1ccccc1. The lowest BCUT2D eigenvalue weighted by Gasteiger charge is -2.22. The van der Waals surface area contributed by atoms with Crippen molar-refractivity contribution in [2.24, 2.45) is 0 Å². The highest BCUT2D eigenvalue weighted by Crippen LogP contribution is 2.29. The molecule has 4 N–H and O–H groups in total.